The Bertz CT molecular complexity index is 234. The van der Waals surface area contributed by atoms with E-state index in [2.05, 4.69) is 0 Å². The Morgan fingerprint density at radius 1 is 1.42 bits per heavy atom. The maximum Gasteiger partial charge on any atom is 0.312 e. The summed E-state index contributed by atoms with van der Waals surface area (Å²) in [6.45, 7) is 2.02. The van der Waals surface area contributed by atoms with E-state index in [4.69, 9.17) is 9.47 Å². The summed E-state index contributed by atoms with van der Waals surface area (Å²) in [6, 6.07) is 0. The number of carbonyl (C=O) groups excluding carboxylic acids is 1. The molecule has 2 aliphatic heterocycles. The van der Waals surface area contributed by atoms with E-state index in [1.807, 2.05) is 19.1 Å². The summed E-state index contributed by atoms with van der Waals surface area (Å²) in [5.41, 5.74) is 0. The summed E-state index contributed by atoms with van der Waals surface area (Å²) in [6.07, 6.45) is 4.05. The quantitative estimate of drug-likeness (QED) is 0.428. The zero-order valence-corrected chi connectivity index (χ0v) is 7.19. The van der Waals surface area contributed by atoms with Crippen molar-refractivity contribution < 1.29 is 14.3 Å². The van der Waals surface area contributed by atoms with Gasteiger partial charge in [-0.05, 0) is 0 Å². The third-order valence-corrected chi connectivity index (χ3v) is 2.72. The van der Waals surface area contributed by atoms with Crippen LogP contribution in [0, 0.1) is 11.8 Å². The Balaban J connectivity index is 2.18. The molecule has 0 radical (unpaired) electrons. The van der Waals surface area contributed by atoms with E-state index < -0.39 is 0 Å². The van der Waals surface area contributed by atoms with E-state index in [1.54, 1.807) is 0 Å². The van der Waals surface area contributed by atoms with Gasteiger partial charge in [-0.25, -0.2) is 0 Å². The molecule has 0 aromatic rings. The molecule has 0 amide bonds. The van der Waals surface area contributed by atoms with E-state index in [0.29, 0.717) is 0 Å². The van der Waals surface area contributed by atoms with Crippen molar-refractivity contribution in [3.63, 3.8) is 0 Å². The average molecular weight is 168 g/mol. The fourth-order valence-electron chi connectivity index (χ4n) is 1.98. The van der Waals surface area contributed by atoms with Crippen LogP contribution in [-0.4, -0.2) is 25.3 Å². The van der Waals surface area contributed by atoms with Gasteiger partial charge < -0.3 is 9.47 Å². The molecular weight excluding hydrogens is 156 g/mol. The van der Waals surface area contributed by atoms with E-state index in [1.165, 1.54) is 7.11 Å². The molecule has 0 aliphatic carbocycles. The summed E-state index contributed by atoms with van der Waals surface area (Å²) in [7, 11) is 1.42. The summed E-state index contributed by atoms with van der Waals surface area (Å²) < 4.78 is 10.2. The number of esters is 1. The van der Waals surface area contributed by atoms with Crippen LogP contribution in [0.1, 0.15) is 6.92 Å². The van der Waals surface area contributed by atoms with Crippen molar-refractivity contribution in [2.75, 3.05) is 7.11 Å². The SMILES string of the molecule is COC(=O)C1C2C=CC(O2)C1C. The number of hydrogen-bond donors (Lipinski definition) is 0. The molecule has 2 rings (SSSR count). The molecule has 4 atom stereocenters. The van der Waals surface area contributed by atoms with Gasteiger partial charge in [-0.2, -0.15) is 0 Å². The molecule has 1 fully saturated rings. The number of methoxy groups -OCH3 is 1. The minimum absolute atomic E-state index is 0.0440. The van der Waals surface area contributed by atoms with Crippen LogP contribution in [0.4, 0.5) is 0 Å². The second-order valence-corrected chi connectivity index (χ2v) is 3.36. The number of fused-ring (bicyclic) bond motifs is 2. The molecule has 0 aromatic carbocycles. The molecule has 0 aromatic heterocycles. The van der Waals surface area contributed by atoms with E-state index in [0.717, 1.165) is 0 Å². The molecule has 2 heterocycles. The van der Waals surface area contributed by atoms with E-state index in [-0.39, 0.29) is 30.0 Å². The highest BCUT2D eigenvalue weighted by Crippen LogP contribution is 2.39. The van der Waals surface area contributed by atoms with Crippen LogP contribution in [0.3, 0.4) is 0 Å². The lowest BCUT2D eigenvalue weighted by Gasteiger charge is -2.18. The fourth-order valence-corrected chi connectivity index (χ4v) is 1.98. The van der Waals surface area contributed by atoms with Crippen molar-refractivity contribution in [2.24, 2.45) is 11.8 Å². The highest BCUT2D eigenvalue weighted by molar-refractivity contribution is 5.74. The van der Waals surface area contributed by atoms with Crippen LogP contribution >= 0.6 is 0 Å². The summed E-state index contributed by atoms with van der Waals surface area (Å²) >= 11 is 0. The van der Waals surface area contributed by atoms with Gasteiger partial charge in [0.15, 0.2) is 0 Å². The number of carbonyl (C=O) groups is 1. The van der Waals surface area contributed by atoms with Crippen molar-refractivity contribution in [1.82, 2.24) is 0 Å². The first-order valence-corrected chi connectivity index (χ1v) is 4.15. The van der Waals surface area contributed by atoms with Crippen molar-refractivity contribution in [1.29, 1.82) is 0 Å². The van der Waals surface area contributed by atoms with Crippen LogP contribution in [0.5, 0.6) is 0 Å². The van der Waals surface area contributed by atoms with Crippen LogP contribution in [-0.2, 0) is 14.3 Å². The topological polar surface area (TPSA) is 35.5 Å². The predicted molar refractivity (Wildman–Crippen MR) is 42.5 cm³/mol. The van der Waals surface area contributed by atoms with E-state index >= 15 is 0 Å². The molecule has 66 valence electrons. The minimum atomic E-state index is -0.153. The highest BCUT2D eigenvalue weighted by atomic mass is 16.5. The van der Waals surface area contributed by atoms with Gasteiger partial charge in [0.2, 0.25) is 0 Å². The van der Waals surface area contributed by atoms with Crippen molar-refractivity contribution in [2.45, 2.75) is 19.1 Å². The van der Waals surface area contributed by atoms with E-state index in [9.17, 15) is 4.79 Å². The van der Waals surface area contributed by atoms with Crippen LogP contribution in [0.2, 0.25) is 0 Å². The lowest BCUT2D eigenvalue weighted by atomic mass is 9.84. The average Bonchev–Trinajstić information content (AvgIpc) is 2.63. The molecule has 1 saturated heterocycles. The Morgan fingerprint density at radius 3 is 2.58 bits per heavy atom. The van der Waals surface area contributed by atoms with Crippen LogP contribution < -0.4 is 0 Å². The molecule has 3 nitrogen and oxygen atoms in total. The first kappa shape index (κ1) is 7.80. The molecule has 0 spiro atoms. The largest absolute Gasteiger partial charge is 0.469 e. The van der Waals surface area contributed by atoms with Crippen molar-refractivity contribution >= 4 is 5.97 Å². The van der Waals surface area contributed by atoms with Crippen molar-refractivity contribution in [3.05, 3.63) is 12.2 Å². The third kappa shape index (κ3) is 0.894. The molecule has 3 heteroatoms. The van der Waals surface area contributed by atoms with Crippen molar-refractivity contribution in [3.8, 4) is 0 Å². The smallest absolute Gasteiger partial charge is 0.312 e. The molecule has 4 unspecified atom stereocenters. The second-order valence-electron chi connectivity index (χ2n) is 3.36. The second kappa shape index (κ2) is 2.59. The molecule has 2 bridgehead atoms. The minimum Gasteiger partial charge on any atom is -0.469 e. The fraction of sp³-hybridized carbons (Fsp3) is 0.667. The normalized spacial score (nSPS) is 43.5. The highest BCUT2D eigenvalue weighted by Gasteiger charge is 2.47. The number of rotatable bonds is 1. The molecule has 12 heavy (non-hydrogen) atoms. The summed E-state index contributed by atoms with van der Waals surface area (Å²) in [5, 5.41) is 0. The standard InChI is InChI=1S/C9H12O3/c1-5-6-3-4-7(12-6)8(5)9(10)11-2/h3-8H,1-2H3. The number of hydrogen-bond acceptors (Lipinski definition) is 3. The Hall–Kier alpha value is -0.830. The van der Waals surface area contributed by atoms with Gasteiger partial charge in [-0.1, -0.05) is 19.1 Å². The Kier molecular flexibility index (Phi) is 1.68. The summed E-state index contributed by atoms with van der Waals surface area (Å²) in [5.74, 6) is 0.0109. The van der Waals surface area contributed by atoms with Crippen LogP contribution in [0.15, 0.2) is 12.2 Å². The monoisotopic (exact) mass is 168 g/mol. The molecule has 0 saturated carbocycles. The van der Waals surface area contributed by atoms with Gasteiger partial charge in [0.1, 0.15) is 0 Å². The van der Waals surface area contributed by atoms with Gasteiger partial charge in [0, 0.05) is 5.92 Å². The maximum atomic E-state index is 11.3. The zero-order valence-electron chi connectivity index (χ0n) is 7.19. The van der Waals surface area contributed by atoms with Gasteiger partial charge >= 0.3 is 5.97 Å². The predicted octanol–water partition coefficient (Wildman–Crippen LogP) is 0.749. The third-order valence-electron chi connectivity index (χ3n) is 2.72. The molecule has 0 N–H and O–H groups in total. The number of ether oxygens (including phenoxy) is 2. The van der Waals surface area contributed by atoms with Gasteiger partial charge in [0.25, 0.3) is 0 Å². The maximum absolute atomic E-state index is 11.3. The van der Waals surface area contributed by atoms with Gasteiger partial charge in [0.05, 0.1) is 25.2 Å². The lowest BCUT2D eigenvalue weighted by Crippen LogP contribution is -2.30. The molecule has 2 aliphatic rings. The lowest BCUT2D eigenvalue weighted by molar-refractivity contribution is -0.147. The summed E-state index contributed by atoms with van der Waals surface area (Å²) in [4.78, 5) is 11.3. The first-order valence-electron chi connectivity index (χ1n) is 4.15. The first-order chi connectivity index (χ1) is 5.74. The zero-order chi connectivity index (χ0) is 8.72. The van der Waals surface area contributed by atoms with Crippen LogP contribution in [0.25, 0.3) is 0 Å². The Labute approximate surface area is 71.3 Å². The molecular formula is C9H12O3. The van der Waals surface area contributed by atoms with Gasteiger partial charge in [-0.3, -0.25) is 4.79 Å². The van der Waals surface area contributed by atoms with Gasteiger partial charge in [-0.15, -0.1) is 0 Å². The Morgan fingerprint density at radius 2 is 2.08 bits per heavy atom.